The first kappa shape index (κ1) is 15.3. The molecule has 0 fully saturated rings. The van der Waals surface area contributed by atoms with Gasteiger partial charge in [-0.2, -0.15) is 0 Å². The molecule has 0 aliphatic carbocycles. The van der Waals surface area contributed by atoms with Crippen LogP contribution in [0.5, 0.6) is 5.75 Å². The molecule has 2 N–H and O–H groups in total. The highest BCUT2D eigenvalue weighted by Crippen LogP contribution is 2.29. The topological polar surface area (TPSA) is 67.4 Å². The lowest BCUT2D eigenvalue weighted by molar-refractivity contribution is 0.228. The Hall–Kier alpha value is -1.11. The Kier molecular flexibility index (Phi) is 5.01. The molecule has 0 aromatic heterocycles. The predicted molar refractivity (Wildman–Crippen MR) is 79.6 cm³/mol. The van der Waals surface area contributed by atoms with E-state index in [2.05, 4.69) is 29.1 Å². The van der Waals surface area contributed by atoms with Crippen molar-refractivity contribution in [3.8, 4) is 5.75 Å². The first-order chi connectivity index (χ1) is 9.44. The summed E-state index contributed by atoms with van der Waals surface area (Å²) in [5, 5.41) is 3.30. The van der Waals surface area contributed by atoms with Crippen LogP contribution in [0.4, 0.5) is 0 Å². The maximum atomic E-state index is 10.9. The van der Waals surface area contributed by atoms with Gasteiger partial charge in [0.2, 0.25) is 10.0 Å². The average Bonchev–Trinajstić information content (AvgIpc) is 2.74. The number of fused-ring (bicyclic) bond motifs is 1. The number of ether oxygens (including phenoxy) is 1. The summed E-state index contributed by atoms with van der Waals surface area (Å²) in [5.74, 6) is 0.987. The standard InChI is InChI=1S/C14H22N2O3S/c1-11-4-5-14-12(8-11)9-13(19-14)10-15-6-3-7-16-20(2,17)18/h4-5,8,13,15-16H,3,6-7,9-10H2,1-2H3. The molecule has 0 spiro atoms. The van der Waals surface area contributed by atoms with Crippen LogP contribution in [0.1, 0.15) is 17.5 Å². The highest BCUT2D eigenvalue weighted by Gasteiger charge is 2.22. The minimum absolute atomic E-state index is 0.176. The molecule has 0 bridgehead atoms. The summed E-state index contributed by atoms with van der Waals surface area (Å²) >= 11 is 0. The number of nitrogens with one attached hydrogen (secondary N) is 2. The summed E-state index contributed by atoms with van der Waals surface area (Å²) in [4.78, 5) is 0. The molecule has 2 rings (SSSR count). The summed E-state index contributed by atoms with van der Waals surface area (Å²) in [5.41, 5.74) is 2.53. The molecule has 0 radical (unpaired) electrons. The summed E-state index contributed by atoms with van der Waals surface area (Å²) < 4.78 is 30.1. The first-order valence-corrected chi connectivity index (χ1v) is 8.75. The highest BCUT2D eigenvalue weighted by molar-refractivity contribution is 7.88. The van der Waals surface area contributed by atoms with Gasteiger partial charge in [0.1, 0.15) is 11.9 Å². The molecule has 1 atom stereocenters. The normalized spacial score (nSPS) is 17.8. The summed E-state index contributed by atoms with van der Waals surface area (Å²) in [6.07, 6.45) is 3.05. The van der Waals surface area contributed by atoms with E-state index in [1.165, 1.54) is 17.4 Å². The van der Waals surface area contributed by atoms with Crippen molar-refractivity contribution in [2.24, 2.45) is 0 Å². The second-order valence-corrected chi connectivity index (χ2v) is 7.11. The lowest BCUT2D eigenvalue weighted by Gasteiger charge is -2.11. The number of aryl methyl sites for hydroxylation is 1. The lowest BCUT2D eigenvalue weighted by atomic mass is 10.1. The molecule has 1 aliphatic rings. The predicted octanol–water partition coefficient (Wildman–Crippen LogP) is 0.827. The average molecular weight is 298 g/mol. The number of hydrogen-bond donors (Lipinski definition) is 2. The molecule has 0 saturated heterocycles. The van der Waals surface area contributed by atoms with Crippen LogP contribution in [0.3, 0.4) is 0 Å². The molecule has 1 heterocycles. The van der Waals surface area contributed by atoms with Gasteiger partial charge in [0.05, 0.1) is 6.26 Å². The zero-order valence-corrected chi connectivity index (χ0v) is 12.8. The van der Waals surface area contributed by atoms with Crippen molar-refractivity contribution < 1.29 is 13.2 Å². The molecule has 1 aliphatic heterocycles. The third kappa shape index (κ3) is 4.77. The summed E-state index contributed by atoms with van der Waals surface area (Å²) in [7, 11) is -3.07. The second-order valence-electron chi connectivity index (χ2n) is 5.28. The van der Waals surface area contributed by atoms with Gasteiger partial charge < -0.3 is 10.1 Å². The summed E-state index contributed by atoms with van der Waals surface area (Å²) in [6, 6.07) is 6.26. The van der Waals surface area contributed by atoms with Crippen molar-refractivity contribution in [2.75, 3.05) is 25.9 Å². The minimum Gasteiger partial charge on any atom is -0.488 e. The third-order valence-corrected chi connectivity index (χ3v) is 3.95. The van der Waals surface area contributed by atoms with Crippen molar-refractivity contribution >= 4 is 10.0 Å². The van der Waals surface area contributed by atoms with Gasteiger partial charge in [0.25, 0.3) is 0 Å². The van der Waals surface area contributed by atoms with Gasteiger partial charge in [-0.3, -0.25) is 0 Å². The van der Waals surface area contributed by atoms with E-state index < -0.39 is 10.0 Å². The van der Waals surface area contributed by atoms with Crippen LogP contribution in [-0.4, -0.2) is 40.4 Å². The molecular weight excluding hydrogens is 276 g/mol. The lowest BCUT2D eigenvalue weighted by Crippen LogP contribution is -2.32. The van der Waals surface area contributed by atoms with E-state index >= 15 is 0 Å². The number of sulfonamides is 1. The molecule has 1 aromatic rings. The fourth-order valence-corrected chi connectivity index (χ4v) is 2.81. The Labute approximate surface area is 120 Å². The van der Waals surface area contributed by atoms with Crippen LogP contribution in [0, 0.1) is 6.92 Å². The van der Waals surface area contributed by atoms with E-state index in [9.17, 15) is 8.42 Å². The molecular formula is C14H22N2O3S. The molecule has 5 nitrogen and oxygen atoms in total. The monoisotopic (exact) mass is 298 g/mol. The van der Waals surface area contributed by atoms with Crippen LogP contribution >= 0.6 is 0 Å². The van der Waals surface area contributed by atoms with Gasteiger partial charge >= 0.3 is 0 Å². The van der Waals surface area contributed by atoms with E-state index in [0.29, 0.717) is 6.54 Å². The van der Waals surface area contributed by atoms with Crippen LogP contribution < -0.4 is 14.8 Å². The van der Waals surface area contributed by atoms with Gasteiger partial charge in [-0.1, -0.05) is 17.7 Å². The smallest absolute Gasteiger partial charge is 0.208 e. The quantitative estimate of drug-likeness (QED) is 0.732. The zero-order valence-electron chi connectivity index (χ0n) is 12.0. The Morgan fingerprint density at radius 1 is 1.35 bits per heavy atom. The molecule has 112 valence electrons. The van der Waals surface area contributed by atoms with Crippen molar-refractivity contribution in [1.29, 1.82) is 0 Å². The van der Waals surface area contributed by atoms with Crippen molar-refractivity contribution in [3.05, 3.63) is 29.3 Å². The largest absolute Gasteiger partial charge is 0.488 e. The van der Waals surface area contributed by atoms with E-state index in [1.807, 2.05) is 6.07 Å². The van der Waals surface area contributed by atoms with E-state index in [0.717, 1.165) is 31.7 Å². The van der Waals surface area contributed by atoms with Crippen LogP contribution in [0.2, 0.25) is 0 Å². The van der Waals surface area contributed by atoms with Gasteiger partial charge in [0, 0.05) is 19.5 Å². The fourth-order valence-electron chi connectivity index (χ4n) is 2.30. The molecule has 1 aromatic carbocycles. The van der Waals surface area contributed by atoms with Gasteiger partial charge in [0.15, 0.2) is 0 Å². The van der Waals surface area contributed by atoms with Crippen molar-refractivity contribution in [3.63, 3.8) is 0 Å². The SMILES string of the molecule is Cc1ccc2c(c1)CC(CNCCCNS(C)(=O)=O)O2. The van der Waals surface area contributed by atoms with Crippen LogP contribution in [-0.2, 0) is 16.4 Å². The van der Waals surface area contributed by atoms with E-state index in [4.69, 9.17) is 4.74 Å². The number of hydrogen-bond acceptors (Lipinski definition) is 4. The van der Waals surface area contributed by atoms with Crippen LogP contribution in [0.15, 0.2) is 18.2 Å². The zero-order chi connectivity index (χ0) is 14.6. The van der Waals surface area contributed by atoms with Crippen molar-refractivity contribution in [2.45, 2.75) is 25.9 Å². The Morgan fingerprint density at radius 3 is 2.90 bits per heavy atom. The second kappa shape index (κ2) is 6.56. The number of rotatable bonds is 7. The Bertz CT molecular complexity index is 558. The van der Waals surface area contributed by atoms with Crippen molar-refractivity contribution in [1.82, 2.24) is 10.0 Å². The maximum Gasteiger partial charge on any atom is 0.208 e. The number of benzene rings is 1. The Balaban J connectivity index is 1.63. The van der Waals surface area contributed by atoms with Crippen LogP contribution in [0.25, 0.3) is 0 Å². The third-order valence-electron chi connectivity index (χ3n) is 3.22. The molecule has 0 amide bonds. The minimum atomic E-state index is -3.07. The van der Waals surface area contributed by atoms with Gasteiger partial charge in [-0.25, -0.2) is 13.1 Å². The van der Waals surface area contributed by atoms with E-state index in [1.54, 1.807) is 0 Å². The molecule has 20 heavy (non-hydrogen) atoms. The van der Waals surface area contributed by atoms with Gasteiger partial charge in [-0.05, 0) is 31.5 Å². The molecule has 6 heteroatoms. The molecule has 1 unspecified atom stereocenters. The first-order valence-electron chi connectivity index (χ1n) is 6.85. The highest BCUT2D eigenvalue weighted by atomic mass is 32.2. The fraction of sp³-hybridized carbons (Fsp3) is 0.571. The Morgan fingerprint density at radius 2 is 2.15 bits per heavy atom. The summed E-state index contributed by atoms with van der Waals surface area (Å²) in [6.45, 7) is 4.11. The van der Waals surface area contributed by atoms with Gasteiger partial charge in [-0.15, -0.1) is 0 Å². The van der Waals surface area contributed by atoms with E-state index in [-0.39, 0.29) is 6.10 Å². The maximum absolute atomic E-state index is 10.9. The molecule has 0 saturated carbocycles.